The first-order chi connectivity index (χ1) is 7.54. The molecule has 0 atom stereocenters. The van der Waals surface area contributed by atoms with Gasteiger partial charge in [0, 0.05) is 19.1 Å². The van der Waals surface area contributed by atoms with E-state index in [1.165, 1.54) is 16.7 Å². The lowest BCUT2D eigenvalue weighted by atomic mass is 10.1. The fourth-order valence-electron chi connectivity index (χ4n) is 1.78. The van der Waals surface area contributed by atoms with Gasteiger partial charge in [0.05, 0.1) is 6.61 Å². The van der Waals surface area contributed by atoms with Crippen molar-refractivity contribution in [1.29, 1.82) is 0 Å². The van der Waals surface area contributed by atoms with Crippen LogP contribution in [0.2, 0.25) is 0 Å². The monoisotopic (exact) mass is 221 g/mol. The van der Waals surface area contributed by atoms with Crippen molar-refractivity contribution in [2.75, 3.05) is 13.2 Å². The van der Waals surface area contributed by atoms with Crippen LogP contribution in [0.3, 0.4) is 0 Å². The van der Waals surface area contributed by atoms with Crippen LogP contribution in [0.1, 0.15) is 30.5 Å². The number of aliphatic hydroxyl groups is 1. The van der Waals surface area contributed by atoms with E-state index in [-0.39, 0.29) is 6.61 Å². The molecular formula is C14H23NO. The smallest absolute Gasteiger partial charge is 0.0558 e. The van der Waals surface area contributed by atoms with E-state index < -0.39 is 0 Å². The molecule has 1 aromatic rings. The summed E-state index contributed by atoms with van der Waals surface area (Å²) in [4.78, 5) is 2.28. The SMILES string of the molecule is Cc1ccc(CN(CCO)C(C)C)cc1C. The summed E-state index contributed by atoms with van der Waals surface area (Å²) >= 11 is 0. The molecule has 0 aliphatic carbocycles. The van der Waals surface area contributed by atoms with Gasteiger partial charge in [-0.25, -0.2) is 0 Å². The fraction of sp³-hybridized carbons (Fsp3) is 0.571. The maximum atomic E-state index is 9.02. The summed E-state index contributed by atoms with van der Waals surface area (Å²) in [6, 6.07) is 7.05. The van der Waals surface area contributed by atoms with Gasteiger partial charge < -0.3 is 5.11 Å². The van der Waals surface area contributed by atoms with Gasteiger partial charge in [-0.15, -0.1) is 0 Å². The summed E-state index contributed by atoms with van der Waals surface area (Å²) < 4.78 is 0. The first-order valence-corrected chi connectivity index (χ1v) is 5.95. The topological polar surface area (TPSA) is 23.5 Å². The summed E-state index contributed by atoms with van der Waals surface area (Å²) in [5, 5.41) is 9.02. The lowest BCUT2D eigenvalue weighted by Crippen LogP contribution is -2.32. The van der Waals surface area contributed by atoms with Crippen LogP contribution in [0.15, 0.2) is 18.2 Å². The second-order valence-corrected chi connectivity index (χ2v) is 4.71. The first kappa shape index (κ1) is 13.2. The second-order valence-electron chi connectivity index (χ2n) is 4.71. The minimum absolute atomic E-state index is 0.225. The molecule has 16 heavy (non-hydrogen) atoms. The Hall–Kier alpha value is -0.860. The quantitative estimate of drug-likeness (QED) is 0.826. The van der Waals surface area contributed by atoms with E-state index in [2.05, 4.69) is 50.8 Å². The highest BCUT2D eigenvalue weighted by molar-refractivity contribution is 5.29. The van der Waals surface area contributed by atoms with Crippen molar-refractivity contribution in [3.05, 3.63) is 34.9 Å². The average Bonchev–Trinajstić information content (AvgIpc) is 2.22. The number of hydrogen-bond acceptors (Lipinski definition) is 2. The third-order valence-corrected chi connectivity index (χ3v) is 3.07. The zero-order valence-electron chi connectivity index (χ0n) is 10.8. The first-order valence-electron chi connectivity index (χ1n) is 5.95. The number of nitrogens with zero attached hydrogens (tertiary/aromatic N) is 1. The summed E-state index contributed by atoms with van der Waals surface area (Å²) in [6.07, 6.45) is 0. The summed E-state index contributed by atoms with van der Waals surface area (Å²) in [5.41, 5.74) is 4.00. The minimum atomic E-state index is 0.225. The Bertz CT molecular complexity index is 334. The van der Waals surface area contributed by atoms with Crippen LogP contribution in [-0.2, 0) is 6.54 Å². The molecule has 2 nitrogen and oxygen atoms in total. The number of hydrogen-bond donors (Lipinski definition) is 1. The van der Waals surface area contributed by atoms with Crippen molar-refractivity contribution >= 4 is 0 Å². The molecular weight excluding hydrogens is 198 g/mol. The average molecular weight is 221 g/mol. The summed E-state index contributed by atoms with van der Waals surface area (Å²) in [7, 11) is 0. The summed E-state index contributed by atoms with van der Waals surface area (Å²) in [6.45, 7) is 10.5. The molecule has 1 aromatic carbocycles. The van der Waals surface area contributed by atoms with Gasteiger partial charge in [0.15, 0.2) is 0 Å². The van der Waals surface area contributed by atoms with E-state index in [0.717, 1.165) is 13.1 Å². The Morgan fingerprint density at radius 1 is 1.19 bits per heavy atom. The highest BCUT2D eigenvalue weighted by atomic mass is 16.3. The van der Waals surface area contributed by atoms with Gasteiger partial charge in [-0.2, -0.15) is 0 Å². The summed E-state index contributed by atoms with van der Waals surface area (Å²) in [5.74, 6) is 0. The Morgan fingerprint density at radius 3 is 2.38 bits per heavy atom. The number of aryl methyl sites for hydroxylation is 2. The van der Waals surface area contributed by atoms with Crippen LogP contribution in [0, 0.1) is 13.8 Å². The minimum Gasteiger partial charge on any atom is -0.395 e. The van der Waals surface area contributed by atoms with Crippen LogP contribution < -0.4 is 0 Å². The molecule has 0 bridgehead atoms. The molecule has 1 rings (SSSR count). The van der Waals surface area contributed by atoms with Crippen molar-refractivity contribution in [3.63, 3.8) is 0 Å². The van der Waals surface area contributed by atoms with Crippen LogP contribution in [0.25, 0.3) is 0 Å². The molecule has 1 N–H and O–H groups in total. The lowest BCUT2D eigenvalue weighted by Gasteiger charge is -2.25. The van der Waals surface area contributed by atoms with Gasteiger partial charge in [-0.05, 0) is 44.4 Å². The van der Waals surface area contributed by atoms with E-state index in [1.807, 2.05) is 0 Å². The fourth-order valence-corrected chi connectivity index (χ4v) is 1.78. The van der Waals surface area contributed by atoms with Gasteiger partial charge in [0.2, 0.25) is 0 Å². The van der Waals surface area contributed by atoms with E-state index in [9.17, 15) is 0 Å². The predicted molar refractivity (Wildman–Crippen MR) is 68.5 cm³/mol. The molecule has 2 heteroatoms. The molecule has 0 saturated carbocycles. The standard InChI is InChI=1S/C14H23NO/c1-11(2)15(7-8-16)10-14-6-5-12(3)13(4)9-14/h5-6,9,11,16H,7-8,10H2,1-4H3. The van der Waals surface area contributed by atoms with Crippen LogP contribution in [0.4, 0.5) is 0 Å². The van der Waals surface area contributed by atoms with Gasteiger partial charge >= 0.3 is 0 Å². The Morgan fingerprint density at radius 2 is 1.88 bits per heavy atom. The van der Waals surface area contributed by atoms with E-state index in [4.69, 9.17) is 5.11 Å². The third-order valence-electron chi connectivity index (χ3n) is 3.07. The molecule has 0 spiro atoms. The van der Waals surface area contributed by atoms with Crippen LogP contribution in [-0.4, -0.2) is 29.2 Å². The molecule has 0 radical (unpaired) electrons. The number of benzene rings is 1. The largest absolute Gasteiger partial charge is 0.395 e. The molecule has 90 valence electrons. The second kappa shape index (κ2) is 6.02. The zero-order chi connectivity index (χ0) is 12.1. The molecule has 0 saturated heterocycles. The highest BCUT2D eigenvalue weighted by Gasteiger charge is 2.09. The molecule has 0 aliphatic heterocycles. The van der Waals surface area contributed by atoms with Crippen molar-refractivity contribution < 1.29 is 5.11 Å². The molecule has 0 aromatic heterocycles. The Balaban J connectivity index is 2.73. The maximum absolute atomic E-state index is 9.02. The Kier molecular flexibility index (Phi) is 4.97. The molecule has 0 amide bonds. The number of rotatable bonds is 5. The van der Waals surface area contributed by atoms with Crippen LogP contribution >= 0.6 is 0 Å². The third kappa shape index (κ3) is 3.62. The van der Waals surface area contributed by atoms with Gasteiger partial charge in [-0.3, -0.25) is 4.90 Å². The van der Waals surface area contributed by atoms with Gasteiger partial charge in [0.1, 0.15) is 0 Å². The Labute approximate surface area is 98.9 Å². The van der Waals surface area contributed by atoms with E-state index >= 15 is 0 Å². The van der Waals surface area contributed by atoms with Crippen molar-refractivity contribution in [3.8, 4) is 0 Å². The lowest BCUT2D eigenvalue weighted by molar-refractivity contribution is 0.159. The van der Waals surface area contributed by atoms with E-state index in [1.54, 1.807) is 0 Å². The van der Waals surface area contributed by atoms with Crippen LogP contribution in [0.5, 0.6) is 0 Å². The van der Waals surface area contributed by atoms with Gasteiger partial charge in [0.25, 0.3) is 0 Å². The maximum Gasteiger partial charge on any atom is 0.0558 e. The molecule has 0 unspecified atom stereocenters. The predicted octanol–water partition coefficient (Wildman–Crippen LogP) is 2.51. The molecule has 0 aliphatic rings. The zero-order valence-corrected chi connectivity index (χ0v) is 10.8. The van der Waals surface area contributed by atoms with Gasteiger partial charge in [-0.1, -0.05) is 18.2 Å². The molecule has 0 fully saturated rings. The number of aliphatic hydroxyl groups excluding tert-OH is 1. The van der Waals surface area contributed by atoms with E-state index in [0.29, 0.717) is 6.04 Å². The normalized spacial score (nSPS) is 11.4. The van der Waals surface area contributed by atoms with Crippen molar-refractivity contribution in [2.45, 2.75) is 40.3 Å². The van der Waals surface area contributed by atoms with Crippen molar-refractivity contribution in [2.24, 2.45) is 0 Å². The highest BCUT2D eigenvalue weighted by Crippen LogP contribution is 2.13. The molecule has 0 heterocycles. The van der Waals surface area contributed by atoms with Crippen molar-refractivity contribution in [1.82, 2.24) is 4.90 Å².